The van der Waals surface area contributed by atoms with E-state index in [-0.39, 0.29) is 16.8 Å². The first-order valence-corrected chi connectivity index (χ1v) is 10.5. The number of nitrogens with one attached hydrogen (secondary N) is 1. The zero-order valence-electron chi connectivity index (χ0n) is 14.6. The molecule has 2 heterocycles. The summed E-state index contributed by atoms with van der Waals surface area (Å²) in [6.07, 6.45) is 1.01. The number of hydrogen-bond acceptors (Lipinski definition) is 5. The number of aromatic nitrogens is 1. The van der Waals surface area contributed by atoms with Crippen molar-refractivity contribution < 1.29 is 9.53 Å². The van der Waals surface area contributed by atoms with Crippen molar-refractivity contribution in [1.29, 1.82) is 0 Å². The highest BCUT2D eigenvalue weighted by Crippen LogP contribution is 2.57. The molecule has 1 aliphatic carbocycles. The first-order chi connectivity index (χ1) is 13.2. The second-order valence-electron chi connectivity index (χ2n) is 6.88. The molecular weight excluding hydrogens is 378 g/mol. The number of fused-ring (bicyclic) bond motifs is 4. The summed E-state index contributed by atoms with van der Waals surface area (Å²) in [7, 11) is 1.39. The van der Waals surface area contributed by atoms with E-state index in [1.165, 1.54) is 29.6 Å². The molecule has 1 aliphatic heterocycles. The van der Waals surface area contributed by atoms with E-state index in [1.807, 2.05) is 24.3 Å². The van der Waals surface area contributed by atoms with Crippen LogP contribution in [-0.4, -0.2) is 23.3 Å². The summed E-state index contributed by atoms with van der Waals surface area (Å²) in [5, 5.41) is 1.41. The summed E-state index contributed by atoms with van der Waals surface area (Å²) in [5.74, 6) is 0.108. The maximum Gasteiger partial charge on any atom is 0.337 e. The Kier molecular flexibility index (Phi) is 3.98. The number of hydrogen-bond donors (Lipinski definition) is 1. The average Bonchev–Trinajstić information content (AvgIpc) is 3.24. The zero-order valence-corrected chi connectivity index (χ0v) is 16.2. The largest absolute Gasteiger partial charge is 0.465 e. The van der Waals surface area contributed by atoms with Gasteiger partial charge in [-0.1, -0.05) is 47.7 Å². The van der Waals surface area contributed by atoms with Crippen LogP contribution in [0.4, 0.5) is 0 Å². The van der Waals surface area contributed by atoms with Crippen LogP contribution in [0.15, 0.2) is 58.4 Å². The molecule has 136 valence electrons. The number of carbonyl (C=O) groups is 1. The van der Waals surface area contributed by atoms with Crippen LogP contribution in [0.2, 0.25) is 0 Å². The second kappa shape index (κ2) is 6.39. The lowest BCUT2D eigenvalue weighted by atomic mass is 9.80. The van der Waals surface area contributed by atoms with E-state index in [4.69, 9.17) is 4.74 Å². The van der Waals surface area contributed by atoms with Gasteiger partial charge < -0.3 is 9.72 Å². The minimum atomic E-state index is -0.336. The molecule has 1 aromatic heterocycles. The predicted octanol–water partition coefficient (Wildman–Crippen LogP) is 4.17. The van der Waals surface area contributed by atoms with Gasteiger partial charge in [0.2, 0.25) is 0 Å². The Hall–Kier alpha value is -2.31. The van der Waals surface area contributed by atoms with E-state index in [1.54, 1.807) is 11.8 Å². The Morgan fingerprint density at radius 3 is 2.70 bits per heavy atom. The van der Waals surface area contributed by atoms with Gasteiger partial charge in [-0.25, -0.2) is 4.79 Å². The number of H-pyrrole nitrogens is 1. The summed E-state index contributed by atoms with van der Waals surface area (Å²) in [5.41, 5.74) is 4.45. The fraction of sp³-hybridized carbons (Fsp3) is 0.238. The molecule has 2 aliphatic rings. The number of thioether (sulfide) groups is 1. The van der Waals surface area contributed by atoms with Crippen LogP contribution in [0.5, 0.6) is 0 Å². The van der Waals surface area contributed by atoms with Gasteiger partial charge in [-0.15, -0.1) is 11.8 Å². The molecule has 5 rings (SSSR count). The fourth-order valence-electron chi connectivity index (χ4n) is 4.33. The van der Waals surface area contributed by atoms with Crippen molar-refractivity contribution in [2.24, 2.45) is 0 Å². The molecule has 3 aromatic rings. The number of esters is 1. The van der Waals surface area contributed by atoms with Gasteiger partial charge >= 0.3 is 10.8 Å². The Bertz CT molecular complexity index is 1080. The highest BCUT2D eigenvalue weighted by molar-refractivity contribution is 8.00. The van der Waals surface area contributed by atoms with E-state index in [0.29, 0.717) is 16.7 Å². The lowest BCUT2D eigenvalue weighted by Gasteiger charge is -2.33. The first-order valence-electron chi connectivity index (χ1n) is 8.81. The Morgan fingerprint density at radius 1 is 1.15 bits per heavy atom. The third kappa shape index (κ3) is 2.66. The summed E-state index contributed by atoms with van der Waals surface area (Å²) in [4.78, 5) is 28.0. The number of aromatic amines is 1. The van der Waals surface area contributed by atoms with E-state index >= 15 is 0 Å². The van der Waals surface area contributed by atoms with Gasteiger partial charge in [0.1, 0.15) is 0 Å². The SMILES string of the molecule is COC(=O)c1ccc([C@H]2c3sc(=O)[nH]c3S[C@H]3Cc4ccccc4[C@H]23)cc1. The Labute approximate surface area is 164 Å². The van der Waals surface area contributed by atoms with Crippen LogP contribution in [0, 0.1) is 0 Å². The van der Waals surface area contributed by atoms with E-state index < -0.39 is 0 Å². The quantitative estimate of drug-likeness (QED) is 0.662. The number of carbonyl (C=O) groups excluding carboxylic acids is 1. The molecule has 0 unspecified atom stereocenters. The lowest BCUT2D eigenvalue weighted by molar-refractivity contribution is 0.0600. The summed E-state index contributed by atoms with van der Waals surface area (Å²) in [6, 6.07) is 16.2. The number of benzene rings is 2. The standard InChI is InChI=1S/C21H17NO3S2/c1-25-20(23)12-8-6-11(7-9-12)16-17-14-5-3-2-4-13(14)10-15(17)26-19-18(16)27-21(24)22-19/h2-9,15-17H,10H2,1H3,(H,22,24)/t15-,16+,17-/m0/s1. The number of methoxy groups -OCH3 is 1. The van der Waals surface area contributed by atoms with Gasteiger partial charge in [-0.05, 0) is 35.2 Å². The normalized spacial score (nSPS) is 22.6. The second-order valence-corrected chi connectivity index (χ2v) is 9.15. The highest BCUT2D eigenvalue weighted by atomic mass is 32.2. The number of ether oxygens (including phenoxy) is 1. The Morgan fingerprint density at radius 2 is 1.93 bits per heavy atom. The van der Waals surface area contributed by atoms with E-state index in [0.717, 1.165) is 21.9 Å². The van der Waals surface area contributed by atoms with Crippen molar-refractivity contribution in [3.63, 3.8) is 0 Å². The van der Waals surface area contributed by atoms with Crippen molar-refractivity contribution in [1.82, 2.24) is 4.98 Å². The van der Waals surface area contributed by atoms with Crippen LogP contribution in [0.25, 0.3) is 0 Å². The van der Waals surface area contributed by atoms with Crippen molar-refractivity contribution in [2.45, 2.75) is 28.5 Å². The van der Waals surface area contributed by atoms with Crippen molar-refractivity contribution in [3.05, 3.63) is 85.3 Å². The Balaban J connectivity index is 1.65. The molecule has 4 nitrogen and oxygen atoms in total. The molecule has 0 radical (unpaired) electrons. The monoisotopic (exact) mass is 395 g/mol. The lowest BCUT2D eigenvalue weighted by Crippen LogP contribution is -2.23. The maximum atomic E-state index is 12.1. The number of rotatable bonds is 2. The topological polar surface area (TPSA) is 59.2 Å². The molecule has 6 heteroatoms. The fourth-order valence-corrected chi connectivity index (χ4v) is 6.99. The van der Waals surface area contributed by atoms with Gasteiger partial charge in [-0.2, -0.15) is 0 Å². The smallest absolute Gasteiger partial charge is 0.337 e. The van der Waals surface area contributed by atoms with Gasteiger partial charge in [0.05, 0.1) is 17.7 Å². The molecule has 0 saturated carbocycles. The van der Waals surface area contributed by atoms with Crippen molar-refractivity contribution in [2.75, 3.05) is 7.11 Å². The number of thiazole rings is 1. The minimum absolute atomic E-state index is 0.00283. The molecule has 1 N–H and O–H groups in total. The van der Waals surface area contributed by atoms with Gasteiger partial charge in [-0.3, -0.25) is 4.79 Å². The molecule has 0 spiro atoms. The molecule has 3 atom stereocenters. The van der Waals surface area contributed by atoms with Crippen LogP contribution >= 0.6 is 23.1 Å². The molecule has 0 amide bonds. The minimum Gasteiger partial charge on any atom is -0.465 e. The highest BCUT2D eigenvalue weighted by Gasteiger charge is 2.45. The van der Waals surface area contributed by atoms with Crippen LogP contribution in [0.1, 0.15) is 43.8 Å². The van der Waals surface area contributed by atoms with Gasteiger partial charge in [0.15, 0.2) is 0 Å². The molecule has 0 saturated heterocycles. The average molecular weight is 396 g/mol. The van der Waals surface area contributed by atoms with Crippen molar-refractivity contribution >= 4 is 29.1 Å². The zero-order chi connectivity index (χ0) is 18.5. The molecule has 2 aromatic carbocycles. The van der Waals surface area contributed by atoms with Crippen LogP contribution in [-0.2, 0) is 11.2 Å². The van der Waals surface area contributed by atoms with Crippen LogP contribution in [0.3, 0.4) is 0 Å². The van der Waals surface area contributed by atoms with Crippen molar-refractivity contribution in [3.8, 4) is 0 Å². The van der Waals surface area contributed by atoms with Crippen LogP contribution < -0.4 is 4.87 Å². The molecular formula is C21H17NO3S2. The predicted molar refractivity (Wildman–Crippen MR) is 107 cm³/mol. The third-order valence-corrected chi connectivity index (χ3v) is 7.89. The first kappa shape index (κ1) is 16.8. The molecule has 27 heavy (non-hydrogen) atoms. The maximum absolute atomic E-state index is 12.1. The summed E-state index contributed by atoms with van der Waals surface area (Å²) in [6.45, 7) is 0. The molecule has 0 bridgehead atoms. The van der Waals surface area contributed by atoms with E-state index in [9.17, 15) is 9.59 Å². The third-order valence-electron chi connectivity index (χ3n) is 5.48. The summed E-state index contributed by atoms with van der Waals surface area (Å²) >= 11 is 3.10. The van der Waals surface area contributed by atoms with Gasteiger partial charge in [0, 0.05) is 22.0 Å². The summed E-state index contributed by atoms with van der Waals surface area (Å²) < 4.78 is 4.81. The molecule has 0 fully saturated rings. The van der Waals surface area contributed by atoms with Gasteiger partial charge in [0.25, 0.3) is 0 Å². The van der Waals surface area contributed by atoms with E-state index in [2.05, 4.69) is 29.2 Å².